The van der Waals surface area contributed by atoms with Crippen LogP contribution in [0.25, 0.3) is 0 Å². The largest absolute Gasteiger partial charge is 0.340 e. The summed E-state index contributed by atoms with van der Waals surface area (Å²) in [6.45, 7) is 3.76. The Kier molecular flexibility index (Phi) is 7.25. The van der Waals surface area contributed by atoms with Crippen molar-refractivity contribution in [3.05, 3.63) is 34.9 Å². The van der Waals surface area contributed by atoms with E-state index in [4.69, 9.17) is 17.3 Å². The molecule has 1 saturated heterocycles. The van der Waals surface area contributed by atoms with Crippen molar-refractivity contribution in [3.63, 3.8) is 0 Å². The van der Waals surface area contributed by atoms with E-state index in [9.17, 15) is 13.2 Å². The maximum absolute atomic E-state index is 12.4. The monoisotopic (exact) mass is 387 g/mol. The van der Waals surface area contributed by atoms with E-state index in [1.807, 2.05) is 24.3 Å². The summed E-state index contributed by atoms with van der Waals surface area (Å²) in [6.07, 6.45) is 2.20. The number of nitrogens with two attached hydrogens (primary N) is 1. The number of nitrogens with zero attached hydrogens (tertiary/aromatic N) is 2. The molecule has 1 aromatic carbocycles. The lowest BCUT2D eigenvalue weighted by atomic mass is 10.2. The molecule has 0 aromatic heterocycles. The van der Waals surface area contributed by atoms with Gasteiger partial charge in [-0.15, -0.1) is 0 Å². The molecule has 1 aliphatic rings. The Balaban J connectivity index is 1.85. The minimum atomic E-state index is -3.11. The second kappa shape index (κ2) is 8.98. The van der Waals surface area contributed by atoms with E-state index in [2.05, 4.69) is 4.90 Å². The third-order valence-electron chi connectivity index (χ3n) is 4.34. The van der Waals surface area contributed by atoms with Crippen LogP contribution < -0.4 is 5.73 Å². The van der Waals surface area contributed by atoms with Gasteiger partial charge in [-0.25, -0.2) is 8.42 Å². The van der Waals surface area contributed by atoms with Crippen LogP contribution in [-0.4, -0.2) is 68.4 Å². The molecule has 140 valence electrons. The van der Waals surface area contributed by atoms with Gasteiger partial charge in [-0.2, -0.15) is 0 Å². The third-order valence-corrected chi connectivity index (χ3v) is 5.57. The predicted molar refractivity (Wildman–Crippen MR) is 100 cm³/mol. The maximum Gasteiger partial charge on any atom is 0.239 e. The molecular weight excluding hydrogens is 362 g/mol. The number of carbonyl (C=O) groups excluding carboxylic acids is 1. The summed E-state index contributed by atoms with van der Waals surface area (Å²) in [6, 6.07) is 7.03. The zero-order valence-electron chi connectivity index (χ0n) is 14.5. The van der Waals surface area contributed by atoms with E-state index >= 15 is 0 Å². The van der Waals surface area contributed by atoms with Gasteiger partial charge in [0.15, 0.2) is 0 Å². The van der Waals surface area contributed by atoms with Gasteiger partial charge in [-0.3, -0.25) is 9.69 Å². The number of hydrogen-bond donors (Lipinski definition) is 1. The van der Waals surface area contributed by atoms with E-state index in [1.165, 1.54) is 5.56 Å². The van der Waals surface area contributed by atoms with Crippen LogP contribution >= 0.6 is 11.6 Å². The van der Waals surface area contributed by atoms with Crippen molar-refractivity contribution in [2.45, 2.75) is 25.4 Å². The molecule has 25 heavy (non-hydrogen) atoms. The van der Waals surface area contributed by atoms with E-state index in [0.29, 0.717) is 13.1 Å². The van der Waals surface area contributed by atoms with Crippen LogP contribution in [-0.2, 0) is 21.2 Å². The summed E-state index contributed by atoms with van der Waals surface area (Å²) in [4.78, 5) is 16.5. The minimum absolute atomic E-state index is 0.0591. The van der Waals surface area contributed by atoms with E-state index in [-0.39, 0.29) is 18.1 Å². The first-order valence-electron chi connectivity index (χ1n) is 8.43. The Hall–Kier alpha value is -1.15. The van der Waals surface area contributed by atoms with Gasteiger partial charge in [0.2, 0.25) is 5.91 Å². The van der Waals surface area contributed by atoms with E-state index in [0.717, 1.165) is 37.3 Å². The number of sulfone groups is 1. The summed E-state index contributed by atoms with van der Waals surface area (Å²) in [5.41, 5.74) is 7.09. The molecule has 2 N–H and O–H groups in total. The fourth-order valence-corrected chi connectivity index (χ4v) is 3.70. The van der Waals surface area contributed by atoms with Crippen molar-refractivity contribution in [2.75, 3.05) is 38.2 Å². The van der Waals surface area contributed by atoms with Crippen LogP contribution in [0.3, 0.4) is 0 Å². The summed E-state index contributed by atoms with van der Waals surface area (Å²) < 4.78 is 22.5. The molecule has 0 aliphatic carbocycles. The molecule has 6 nitrogen and oxygen atoms in total. The Labute approximate surface area is 154 Å². The Morgan fingerprint density at radius 2 is 1.88 bits per heavy atom. The first-order valence-corrected chi connectivity index (χ1v) is 10.9. The van der Waals surface area contributed by atoms with Gasteiger partial charge in [-0.05, 0) is 30.5 Å². The quantitative estimate of drug-likeness (QED) is 0.791. The number of hydrogen-bond acceptors (Lipinski definition) is 5. The SMILES string of the molecule is CS(=O)(=O)CCC(N)C(=O)N1CCCN(Cc2ccc(Cl)cc2)CC1. The van der Waals surface area contributed by atoms with Gasteiger partial charge in [0.05, 0.1) is 11.8 Å². The molecule has 0 radical (unpaired) electrons. The van der Waals surface area contributed by atoms with Crippen molar-refractivity contribution >= 4 is 27.3 Å². The topological polar surface area (TPSA) is 83.7 Å². The van der Waals surface area contributed by atoms with Crippen molar-refractivity contribution in [1.82, 2.24) is 9.80 Å². The Morgan fingerprint density at radius 1 is 1.20 bits per heavy atom. The zero-order valence-corrected chi connectivity index (χ0v) is 16.1. The number of halogens is 1. The molecular formula is C17H26ClN3O3S. The van der Waals surface area contributed by atoms with Gasteiger partial charge >= 0.3 is 0 Å². The number of amides is 1. The maximum atomic E-state index is 12.4. The molecule has 1 heterocycles. The van der Waals surface area contributed by atoms with Crippen LogP contribution in [0.15, 0.2) is 24.3 Å². The van der Waals surface area contributed by atoms with Crippen LogP contribution in [0, 0.1) is 0 Å². The fraction of sp³-hybridized carbons (Fsp3) is 0.588. The summed E-state index contributed by atoms with van der Waals surface area (Å²) in [7, 11) is -3.11. The van der Waals surface area contributed by atoms with Gasteiger partial charge in [-0.1, -0.05) is 23.7 Å². The lowest BCUT2D eigenvalue weighted by Crippen LogP contribution is -2.46. The highest BCUT2D eigenvalue weighted by Crippen LogP contribution is 2.13. The standard InChI is InChI=1S/C17H26ClN3O3S/c1-25(23,24)12-7-16(19)17(22)21-9-2-8-20(10-11-21)13-14-3-5-15(18)6-4-14/h3-6,16H,2,7-13,19H2,1H3. The first kappa shape index (κ1) is 20.2. The fourth-order valence-electron chi connectivity index (χ4n) is 2.90. The second-order valence-electron chi connectivity index (χ2n) is 6.61. The molecule has 0 saturated carbocycles. The molecule has 1 unspecified atom stereocenters. The number of benzene rings is 1. The molecule has 1 atom stereocenters. The van der Waals surface area contributed by atoms with Crippen LogP contribution in [0.5, 0.6) is 0 Å². The summed E-state index contributed by atoms with van der Waals surface area (Å²) >= 11 is 5.91. The van der Waals surface area contributed by atoms with Gasteiger partial charge in [0.1, 0.15) is 9.84 Å². The van der Waals surface area contributed by atoms with Crippen molar-refractivity contribution in [1.29, 1.82) is 0 Å². The van der Waals surface area contributed by atoms with E-state index in [1.54, 1.807) is 4.90 Å². The second-order valence-corrected chi connectivity index (χ2v) is 9.30. The average Bonchev–Trinajstić information content (AvgIpc) is 2.79. The molecule has 8 heteroatoms. The Bertz CT molecular complexity index is 679. The lowest BCUT2D eigenvalue weighted by molar-refractivity contribution is -0.132. The smallest absolute Gasteiger partial charge is 0.239 e. The van der Waals surface area contributed by atoms with Crippen LogP contribution in [0.4, 0.5) is 0 Å². The number of carbonyl (C=O) groups is 1. The van der Waals surface area contributed by atoms with Gasteiger partial charge in [0.25, 0.3) is 0 Å². The van der Waals surface area contributed by atoms with Crippen LogP contribution in [0.2, 0.25) is 5.02 Å². The molecule has 1 amide bonds. The summed E-state index contributed by atoms with van der Waals surface area (Å²) in [5, 5.41) is 0.722. The van der Waals surface area contributed by atoms with Crippen molar-refractivity contribution in [3.8, 4) is 0 Å². The molecule has 1 aromatic rings. The van der Waals surface area contributed by atoms with Gasteiger partial charge in [0, 0.05) is 44.0 Å². The first-order chi connectivity index (χ1) is 11.7. The molecule has 1 aliphatic heterocycles. The van der Waals surface area contributed by atoms with E-state index < -0.39 is 15.9 Å². The van der Waals surface area contributed by atoms with Crippen molar-refractivity contribution in [2.24, 2.45) is 5.73 Å². The minimum Gasteiger partial charge on any atom is -0.340 e. The summed E-state index contributed by atoms with van der Waals surface area (Å²) in [5.74, 6) is -0.215. The zero-order chi connectivity index (χ0) is 18.4. The highest BCUT2D eigenvalue weighted by molar-refractivity contribution is 7.90. The third kappa shape index (κ3) is 6.93. The Morgan fingerprint density at radius 3 is 2.52 bits per heavy atom. The van der Waals surface area contributed by atoms with Crippen molar-refractivity contribution < 1.29 is 13.2 Å². The normalized spacial score (nSPS) is 18.0. The van der Waals surface area contributed by atoms with Crippen LogP contribution in [0.1, 0.15) is 18.4 Å². The molecule has 0 spiro atoms. The molecule has 1 fully saturated rings. The van der Waals surface area contributed by atoms with Gasteiger partial charge < -0.3 is 10.6 Å². The molecule has 0 bridgehead atoms. The molecule has 2 rings (SSSR count). The highest BCUT2D eigenvalue weighted by Gasteiger charge is 2.24. The highest BCUT2D eigenvalue weighted by atomic mass is 35.5. The predicted octanol–water partition coefficient (Wildman–Crippen LogP) is 1.14. The number of rotatable bonds is 6. The lowest BCUT2D eigenvalue weighted by Gasteiger charge is -2.24. The average molecular weight is 388 g/mol.